The van der Waals surface area contributed by atoms with Crippen LogP contribution in [0.25, 0.3) is 0 Å². The molecule has 1 radical (unpaired) electrons. The number of hydrogen-bond donors (Lipinski definition) is 2. The normalized spacial score (nSPS) is 8.83. The van der Waals surface area contributed by atoms with E-state index in [0.717, 1.165) is 6.08 Å². The van der Waals surface area contributed by atoms with E-state index in [4.69, 9.17) is 9.66 Å². The van der Waals surface area contributed by atoms with Crippen molar-refractivity contribution in [3.8, 4) is 0 Å². The average molecular weight is 375 g/mol. The molecule has 0 unspecified atom stereocenters. The topological polar surface area (TPSA) is 127 Å². The number of carboxylic acids is 1. The molecule has 0 aliphatic carbocycles. The fourth-order valence-electron chi connectivity index (χ4n) is 0.652. The van der Waals surface area contributed by atoms with Gasteiger partial charge in [-0.25, -0.2) is 9.59 Å². The molecule has 0 aliphatic rings. The number of hydrogen-bond acceptors (Lipinski definition) is 6. The number of carbonyl (C=O) groups is 2. The molecule has 0 rings (SSSR count). The van der Waals surface area contributed by atoms with Gasteiger partial charge in [0.1, 0.15) is 6.61 Å². The Bertz CT molecular complexity index is 511. The maximum Gasteiger partial charge on any atom is 0.333 e. The van der Waals surface area contributed by atoms with Gasteiger partial charge in [0.05, 0.1) is 12.4 Å². The number of ether oxygens (including phenoxy) is 2. The fraction of sp³-hybridized carbons (Fsp3) is 0.429. The van der Waals surface area contributed by atoms with Gasteiger partial charge in [0.2, 0.25) is 0 Å². The first-order chi connectivity index (χ1) is 10.4. The molecule has 10 heteroatoms. The molecular weight excluding hydrogens is 351 g/mol. The Kier molecular flexibility index (Phi) is 23.6. The molecule has 0 aliphatic heterocycles. The maximum atomic E-state index is 10.6. The molecule has 0 heterocycles. The van der Waals surface area contributed by atoms with Crippen molar-refractivity contribution in [1.82, 2.24) is 0 Å². The van der Waals surface area contributed by atoms with E-state index in [1.54, 1.807) is 14.0 Å². The largest absolute Gasteiger partial charge is 0.478 e. The van der Waals surface area contributed by atoms with Crippen molar-refractivity contribution in [2.45, 2.75) is 13.8 Å². The minimum absolute atomic E-state index is 0. The van der Waals surface area contributed by atoms with Crippen LogP contribution in [0.4, 0.5) is 0 Å². The third-order valence-corrected chi connectivity index (χ3v) is 2.33. The van der Waals surface area contributed by atoms with Gasteiger partial charge >= 0.3 is 11.9 Å². The van der Waals surface area contributed by atoms with Gasteiger partial charge in [-0.05, 0) is 13.8 Å². The zero-order valence-electron chi connectivity index (χ0n) is 14.6. The molecule has 0 atom stereocenters. The molecule has 0 saturated carbocycles. The van der Waals surface area contributed by atoms with Crippen LogP contribution in [-0.4, -0.2) is 85.6 Å². The molecule has 0 aromatic rings. The SMILES string of the molecule is C=C(C)C(=O)OCCOC.C=C(C)CS(=O)(=O)O.C=CC(=O)O.[Na]. The summed E-state index contributed by atoms with van der Waals surface area (Å²) in [4.78, 5) is 19.9. The molecule has 8 nitrogen and oxygen atoms in total. The van der Waals surface area contributed by atoms with E-state index in [-0.39, 0.29) is 41.3 Å². The quantitative estimate of drug-likeness (QED) is 0.169. The van der Waals surface area contributed by atoms with Crippen LogP contribution in [0.15, 0.2) is 37.0 Å². The third-order valence-electron chi connectivity index (χ3n) is 1.47. The van der Waals surface area contributed by atoms with Gasteiger partial charge in [0.15, 0.2) is 0 Å². The van der Waals surface area contributed by atoms with Gasteiger partial charge in [0.25, 0.3) is 10.1 Å². The molecular formula is C14H24NaO8S. The standard InChI is InChI=1S/C7H12O3.C4H8O3S.C3H4O2.Na/c1-6(2)7(8)10-5-4-9-3;1-4(2)3-8(5,6)7;1-2-3(4)5;/h1,4-5H2,2-3H3;1,3H2,2H3,(H,5,6,7);2H,1H2,(H,4,5);. The Labute approximate surface area is 165 Å². The molecule has 0 aromatic carbocycles. The summed E-state index contributed by atoms with van der Waals surface area (Å²) in [6, 6.07) is 0. The third kappa shape index (κ3) is 37.3. The number of aliphatic carboxylic acids is 1. The first-order valence-corrected chi connectivity index (χ1v) is 7.74. The summed E-state index contributed by atoms with van der Waals surface area (Å²) in [5.41, 5.74) is 0.851. The molecule has 135 valence electrons. The van der Waals surface area contributed by atoms with Gasteiger partial charge in [-0.1, -0.05) is 25.3 Å². The van der Waals surface area contributed by atoms with E-state index in [2.05, 4.69) is 29.2 Å². The van der Waals surface area contributed by atoms with Gasteiger partial charge in [-0.3, -0.25) is 4.55 Å². The number of carbonyl (C=O) groups excluding carboxylic acids is 1. The van der Waals surface area contributed by atoms with Gasteiger partial charge in [-0.15, -0.1) is 0 Å². The van der Waals surface area contributed by atoms with Crippen molar-refractivity contribution in [2.24, 2.45) is 0 Å². The smallest absolute Gasteiger partial charge is 0.333 e. The number of carboxylic acid groups (broad SMARTS) is 1. The summed E-state index contributed by atoms with van der Waals surface area (Å²) in [6.07, 6.45) is 0.833. The Morgan fingerprint density at radius 2 is 1.58 bits per heavy atom. The van der Waals surface area contributed by atoms with Crippen molar-refractivity contribution in [1.29, 1.82) is 0 Å². The maximum absolute atomic E-state index is 10.6. The number of methoxy groups -OCH3 is 1. The summed E-state index contributed by atoms with van der Waals surface area (Å²) < 4.78 is 37.3. The number of esters is 1. The van der Waals surface area contributed by atoms with Crippen LogP contribution >= 0.6 is 0 Å². The summed E-state index contributed by atoms with van der Waals surface area (Å²) in [7, 11) is -2.27. The van der Waals surface area contributed by atoms with Gasteiger partial charge in [0, 0.05) is 48.3 Å². The Morgan fingerprint density at radius 3 is 1.75 bits per heavy atom. The average Bonchev–Trinajstić information content (AvgIpc) is 2.37. The molecule has 0 aromatic heterocycles. The molecule has 2 N–H and O–H groups in total. The van der Waals surface area contributed by atoms with Crippen molar-refractivity contribution >= 4 is 51.6 Å². The Hall–Kier alpha value is -0.970. The van der Waals surface area contributed by atoms with Crippen LogP contribution in [0.2, 0.25) is 0 Å². The van der Waals surface area contributed by atoms with Gasteiger partial charge in [-0.2, -0.15) is 8.42 Å². The molecule has 0 bridgehead atoms. The summed E-state index contributed by atoms with van der Waals surface area (Å²) in [5.74, 6) is -1.69. The Balaban J connectivity index is -0.000000129. The second kappa shape index (κ2) is 18.4. The summed E-state index contributed by atoms with van der Waals surface area (Å²) >= 11 is 0. The first-order valence-electron chi connectivity index (χ1n) is 6.13. The second-order valence-electron chi connectivity index (χ2n) is 4.13. The van der Waals surface area contributed by atoms with Crippen LogP contribution in [-0.2, 0) is 29.2 Å². The molecule has 24 heavy (non-hydrogen) atoms. The van der Waals surface area contributed by atoms with Crippen molar-refractivity contribution in [3.05, 3.63) is 37.0 Å². The summed E-state index contributed by atoms with van der Waals surface area (Å²) in [5, 5.41) is 7.60. The van der Waals surface area contributed by atoms with Crippen LogP contribution in [0.3, 0.4) is 0 Å². The molecule has 0 saturated heterocycles. The number of rotatable bonds is 7. The van der Waals surface area contributed by atoms with E-state index in [9.17, 15) is 18.0 Å². The van der Waals surface area contributed by atoms with Crippen LogP contribution in [0.5, 0.6) is 0 Å². The van der Waals surface area contributed by atoms with Crippen molar-refractivity contribution in [3.63, 3.8) is 0 Å². The minimum Gasteiger partial charge on any atom is -0.478 e. The van der Waals surface area contributed by atoms with Crippen LogP contribution in [0.1, 0.15) is 13.8 Å². The predicted octanol–water partition coefficient (Wildman–Crippen LogP) is 1.08. The second-order valence-corrected chi connectivity index (χ2v) is 5.59. The molecule has 0 spiro atoms. The van der Waals surface area contributed by atoms with E-state index in [1.807, 2.05) is 0 Å². The predicted molar refractivity (Wildman–Crippen MR) is 92.5 cm³/mol. The van der Waals surface area contributed by atoms with Crippen LogP contribution in [0, 0.1) is 0 Å². The van der Waals surface area contributed by atoms with Crippen LogP contribution < -0.4 is 0 Å². The zero-order chi connectivity index (χ0) is 19.1. The van der Waals surface area contributed by atoms with E-state index >= 15 is 0 Å². The summed E-state index contributed by atoms with van der Waals surface area (Å²) in [6.45, 7) is 13.5. The van der Waals surface area contributed by atoms with Crippen molar-refractivity contribution < 1.29 is 37.1 Å². The first kappa shape index (κ1) is 30.9. The molecule has 0 amide bonds. The fourth-order valence-corrected chi connectivity index (χ4v) is 1.28. The zero-order valence-corrected chi connectivity index (χ0v) is 17.4. The van der Waals surface area contributed by atoms with E-state index in [1.165, 1.54) is 6.92 Å². The van der Waals surface area contributed by atoms with Crippen molar-refractivity contribution in [2.75, 3.05) is 26.1 Å². The minimum atomic E-state index is -3.82. The van der Waals surface area contributed by atoms with E-state index < -0.39 is 16.1 Å². The van der Waals surface area contributed by atoms with Gasteiger partial charge < -0.3 is 14.6 Å². The Morgan fingerprint density at radius 1 is 1.17 bits per heavy atom. The monoisotopic (exact) mass is 375 g/mol. The molecule has 0 fully saturated rings. The van der Waals surface area contributed by atoms with E-state index in [0.29, 0.717) is 24.4 Å².